The van der Waals surface area contributed by atoms with E-state index in [0.29, 0.717) is 5.69 Å². The zero-order valence-corrected chi connectivity index (χ0v) is 12.9. The highest BCUT2D eigenvalue weighted by atomic mass is 32.2. The van der Waals surface area contributed by atoms with Gasteiger partial charge in [-0.2, -0.15) is 0 Å². The molecule has 3 rings (SSSR count). The van der Waals surface area contributed by atoms with Gasteiger partial charge in [0, 0.05) is 17.5 Å². The summed E-state index contributed by atoms with van der Waals surface area (Å²) in [6.45, 7) is 2.74. The molecule has 20 heavy (non-hydrogen) atoms. The number of ether oxygens (including phenoxy) is 1. The fourth-order valence-corrected chi connectivity index (χ4v) is 5.18. The Labute approximate surface area is 123 Å². The molecule has 0 radical (unpaired) electrons. The quantitative estimate of drug-likeness (QED) is 0.852. The molecule has 1 heterocycles. The van der Waals surface area contributed by atoms with Crippen molar-refractivity contribution in [3.8, 4) is 0 Å². The molecule has 1 aromatic carbocycles. The minimum Gasteiger partial charge on any atom is -0.398 e. The molecule has 2 atom stereocenters. The Kier molecular flexibility index (Phi) is 3.87. The van der Waals surface area contributed by atoms with Crippen molar-refractivity contribution in [1.29, 1.82) is 0 Å². The maximum Gasteiger partial charge on any atom is 0.0694 e. The lowest BCUT2D eigenvalue weighted by molar-refractivity contribution is -0.0708. The molecule has 1 aromatic rings. The standard InChI is InChI=1S/C16H23NO2S/c1-12-4-5-15(14(17)10-12)20(18)13-6-9-19-16(11-13)7-2-3-8-16/h4-5,10,13H,2-3,6-9,11,17H2,1H3. The Morgan fingerprint density at radius 1 is 1.35 bits per heavy atom. The highest BCUT2D eigenvalue weighted by molar-refractivity contribution is 7.85. The monoisotopic (exact) mass is 293 g/mol. The molecule has 1 spiro atoms. The number of hydrogen-bond acceptors (Lipinski definition) is 3. The van der Waals surface area contributed by atoms with Gasteiger partial charge in [-0.3, -0.25) is 4.21 Å². The molecule has 0 bridgehead atoms. The van der Waals surface area contributed by atoms with E-state index in [1.54, 1.807) is 0 Å². The maximum absolute atomic E-state index is 12.8. The summed E-state index contributed by atoms with van der Waals surface area (Å²) < 4.78 is 18.9. The molecule has 1 aliphatic carbocycles. The number of benzene rings is 1. The van der Waals surface area contributed by atoms with Crippen LogP contribution in [0, 0.1) is 6.92 Å². The molecule has 4 heteroatoms. The van der Waals surface area contributed by atoms with E-state index >= 15 is 0 Å². The van der Waals surface area contributed by atoms with Crippen molar-refractivity contribution >= 4 is 16.5 Å². The van der Waals surface area contributed by atoms with Crippen molar-refractivity contribution in [3.05, 3.63) is 23.8 Å². The van der Waals surface area contributed by atoms with Crippen molar-refractivity contribution in [3.63, 3.8) is 0 Å². The van der Waals surface area contributed by atoms with Crippen LogP contribution in [0.15, 0.2) is 23.1 Å². The fourth-order valence-electron chi connectivity index (χ4n) is 3.56. The third kappa shape index (κ3) is 2.63. The van der Waals surface area contributed by atoms with Crippen LogP contribution in [0.2, 0.25) is 0 Å². The van der Waals surface area contributed by atoms with Gasteiger partial charge in [0.1, 0.15) is 0 Å². The number of hydrogen-bond donors (Lipinski definition) is 1. The van der Waals surface area contributed by atoms with Crippen LogP contribution < -0.4 is 5.73 Å². The first kappa shape index (κ1) is 14.1. The van der Waals surface area contributed by atoms with Crippen LogP contribution in [-0.2, 0) is 15.5 Å². The van der Waals surface area contributed by atoms with Gasteiger partial charge in [-0.15, -0.1) is 0 Å². The zero-order valence-electron chi connectivity index (χ0n) is 12.1. The first-order valence-corrected chi connectivity index (χ1v) is 8.72. The number of anilines is 1. The first-order valence-electron chi connectivity index (χ1n) is 7.50. The van der Waals surface area contributed by atoms with Crippen LogP contribution in [0.5, 0.6) is 0 Å². The molecule has 0 aromatic heterocycles. The van der Waals surface area contributed by atoms with Crippen molar-refractivity contribution < 1.29 is 8.95 Å². The van der Waals surface area contributed by atoms with Gasteiger partial charge in [-0.25, -0.2) is 0 Å². The van der Waals surface area contributed by atoms with Gasteiger partial charge in [0.2, 0.25) is 0 Å². The Bertz CT molecular complexity index is 523. The van der Waals surface area contributed by atoms with E-state index in [9.17, 15) is 4.21 Å². The van der Waals surface area contributed by atoms with E-state index in [1.807, 2.05) is 25.1 Å². The highest BCUT2D eigenvalue weighted by Crippen LogP contribution is 2.42. The van der Waals surface area contributed by atoms with Crippen LogP contribution in [0.4, 0.5) is 5.69 Å². The Morgan fingerprint density at radius 3 is 2.80 bits per heavy atom. The minimum absolute atomic E-state index is 0.0119. The smallest absolute Gasteiger partial charge is 0.0694 e. The molecule has 1 saturated heterocycles. The third-order valence-electron chi connectivity index (χ3n) is 4.65. The molecule has 2 N–H and O–H groups in total. The van der Waals surface area contributed by atoms with Crippen molar-refractivity contribution in [2.75, 3.05) is 12.3 Å². The van der Waals surface area contributed by atoms with E-state index in [1.165, 1.54) is 12.8 Å². The second-order valence-electron chi connectivity index (χ2n) is 6.19. The summed E-state index contributed by atoms with van der Waals surface area (Å²) in [4.78, 5) is 0.802. The molecule has 3 nitrogen and oxygen atoms in total. The summed E-state index contributed by atoms with van der Waals surface area (Å²) in [6.07, 6.45) is 6.54. The van der Waals surface area contributed by atoms with E-state index in [4.69, 9.17) is 10.5 Å². The topological polar surface area (TPSA) is 52.3 Å². The van der Waals surface area contributed by atoms with Gasteiger partial charge in [-0.05, 0) is 50.3 Å². The highest BCUT2D eigenvalue weighted by Gasteiger charge is 2.41. The predicted molar refractivity (Wildman–Crippen MR) is 82.2 cm³/mol. The van der Waals surface area contributed by atoms with Gasteiger partial charge in [0.25, 0.3) is 0 Å². The second-order valence-corrected chi connectivity index (χ2v) is 7.89. The van der Waals surface area contributed by atoms with E-state index < -0.39 is 10.8 Å². The van der Waals surface area contributed by atoms with Gasteiger partial charge in [-0.1, -0.05) is 18.9 Å². The number of nitrogens with two attached hydrogens (primary N) is 1. The van der Waals surface area contributed by atoms with Gasteiger partial charge >= 0.3 is 0 Å². The summed E-state index contributed by atoms with van der Waals surface area (Å²) in [5, 5.41) is 0.187. The summed E-state index contributed by atoms with van der Waals surface area (Å²) in [6, 6.07) is 5.84. The van der Waals surface area contributed by atoms with Crippen LogP contribution >= 0.6 is 0 Å². The molecular weight excluding hydrogens is 270 g/mol. The Morgan fingerprint density at radius 2 is 2.10 bits per heavy atom. The molecule has 1 aliphatic heterocycles. The summed E-state index contributed by atoms with van der Waals surface area (Å²) in [5.74, 6) is 0. The third-order valence-corrected chi connectivity index (χ3v) is 6.46. The van der Waals surface area contributed by atoms with Crippen LogP contribution in [0.3, 0.4) is 0 Å². The van der Waals surface area contributed by atoms with Crippen molar-refractivity contribution in [1.82, 2.24) is 0 Å². The predicted octanol–water partition coefficient (Wildman–Crippen LogP) is 3.18. The summed E-state index contributed by atoms with van der Waals surface area (Å²) in [7, 11) is -1.02. The average Bonchev–Trinajstić information content (AvgIpc) is 2.86. The Balaban J connectivity index is 1.79. The SMILES string of the molecule is Cc1ccc(S(=O)C2CCOC3(CCCC3)C2)c(N)c1. The Hall–Kier alpha value is -0.870. The van der Waals surface area contributed by atoms with Gasteiger partial charge in [0.05, 0.1) is 21.3 Å². The summed E-state index contributed by atoms with van der Waals surface area (Å²) >= 11 is 0. The van der Waals surface area contributed by atoms with E-state index in [-0.39, 0.29) is 10.9 Å². The maximum atomic E-state index is 12.8. The zero-order chi connectivity index (χ0) is 14.2. The number of rotatable bonds is 2. The number of nitrogen functional groups attached to an aromatic ring is 1. The largest absolute Gasteiger partial charge is 0.398 e. The number of aryl methyl sites for hydroxylation is 1. The molecule has 110 valence electrons. The molecule has 1 saturated carbocycles. The molecule has 2 aliphatic rings. The van der Waals surface area contributed by atoms with Crippen LogP contribution in [0.25, 0.3) is 0 Å². The molecule has 0 amide bonds. The molecular formula is C16H23NO2S. The second kappa shape index (κ2) is 5.49. The van der Waals surface area contributed by atoms with E-state index in [2.05, 4.69) is 0 Å². The van der Waals surface area contributed by atoms with Crippen molar-refractivity contribution in [2.24, 2.45) is 0 Å². The first-order chi connectivity index (χ1) is 9.60. The lowest BCUT2D eigenvalue weighted by Gasteiger charge is -2.38. The minimum atomic E-state index is -1.02. The van der Waals surface area contributed by atoms with Crippen LogP contribution in [0.1, 0.15) is 44.1 Å². The van der Waals surface area contributed by atoms with Crippen LogP contribution in [-0.4, -0.2) is 21.7 Å². The lowest BCUT2D eigenvalue weighted by Crippen LogP contribution is -2.41. The van der Waals surface area contributed by atoms with Crippen molar-refractivity contribution in [2.45, 2.75) is 61.2 Å². The van der Waals surface area contributed by atoms with E-state index in [0.717, 1.165) is 42.7 Å². The summed E-state index contributed by atoms with van der Waals surface area (Å²) in [5.41, 5.74) is 7.84. The lowest BCUT2D eigenvalue weighted by atomic mass is 9.92. The molecule has 2 unspecified atom stereocenters. The van der Waals surface area contributed by atoms with Gasteiger partial charge < -0.3 is 10.5 Å². The molecule has 2 fully saturated rings. The average molecular weight is 293 g/mol. The normalized spacial score (nSPS) is 26.8. The fraction of sp³-hybridized carbons (Fsp3) is 0.625. The van der Waals surface area contributed by atoms with Gasteiger partial charge in [0.15, 0.2) is 0 Å².